The van der Waals surface area contributed by atoms with Gasteiger partial charge in [0, 0.05) is 18.1 Å². The summed E-state index contributed by atoms with van der Waals surface area (Å²) in [6.45, 7) is 2.07. The highest BCUT2D eigenvalue weighted by molar-refractivity contribution is 7.07. The fraction of sp³-hybridized carbons (Fsp3) is 0.0952. The van der Waals surface area contributed by atoms with E-state index in [-0.39, 0.29) is 5.91 Å². The maximum atomic E-state index is 12.1. The average molecular weight is 389 g/mol. The highest BCUT2D eigenvalue weighted by Gasteiger charge is 2.14. The number of aromatic amines is 1. The van der Waals surface area contributed by atoms with Crippen LogP contribution in [0, 0.1) is 6.92 Å². The van der Waals surface area contributed by atoms with Crippen molar-refractivity contribution in [1.82, 2.24) is 19.9 Å². The van der Waals surface area contributed by atoms with Crippen LogP contribution in [0.25, 0.3) is 16.9 Å². The zero-order valence-corrected chi connectivity index (χ0v) is 16.3. The van der Waals surface area contributed by atoms with Gasteiger partial charge in [-0.1, -0.05) is 48.0 Å². The molecule has 1 amide bonds. The van der Waals surface area contributed by atoms with Crippen molar-refractivity contribution in [2.75, 3.05) is 7.05 Å². The van der Waals surface area contributed by atoms with Crippen LogP contribution in [-0.4, -0.2) is 27.5 Å². The molecule has 0 atom stereocenters. The van der Waals surface area contributed by atoms with E-state index < -0.39 is 0 Å². The lowest BCUT2D eigenvalue weighted by Crippen LogP contribution is -2.19. The summed E-state index contributed by atoms with van der Waals surface area (Å²) >= 11 is 1.51. The highest BCUT2D eigenvalue weighted by atomic mass is 32.1. The second kappa shape index (κ2) is 7.66. The Hall–Kier alpha value is -3.45. The van der Waals surface area contributed by atoms with Crippen LogP contribution in [0.1, 0.15) is 16.1 Å². The molecule has 0 saturated carbocycles. The number of imidazole rings is 1. The number of hydrogen-bond donors (Lipinski definition) is 2. The third-order valence-electron chi connectivity index (χ3n) is 4.34. The number of benzene rings is 2. The number of rotatable bonds is 4. The van der Waals surface area contributed by atoms with E-state index in [9.17, 15) is 4.79 Å². The van der Waals surface area contributed by atoms with Gasteiger partial charge in [0.1, 0.15) is 0 Å². The summed E-state index contributed by atoms with van der Waals surface area (Å²) in [4.78, 5) is 24.6. The standard InChI is InChI=1S/C21H19N5OS/c1-14-8-10-15(11-9-14)17-12-28-21(26(17)16-6-4-3-5-7-16)25-19-18(20(27)22-2)23-13-24-19/h3-13H,1-2H3,(H,22,27)(H,23,24)/b25-21-. The molecule has 0 radical (unpaired) electrons. The molecule has 2 aromatic heterocycles. The molecule has 0 aliphatic carbocycles. The smallest absolute Gasteiger partial charge is 0.271 e. The zero-order valence-electron chi connectivity index (χ0n) is 15.5. The van der Waals surface area contributed by atoms with Crippen molar-refractivity contribution in [2.45, 2.75) is 6.92 Å². The Morgan fingerprint density at radius 1 is 1.14 bits per heavy atom. The van der Waals surface area contributed by atoms with Gasteiger partial charge in [0.15, 0.2) is 16.3 Å². The molecular formula is C21H19N5OS. The van der Waals surface area contributed by atoms with Crippen molar-refractivity contribution in [3.05, 3.63) is 82.4 Å². The van der Waals surface area contributed by atoms with Crippen molar-refractivity contribution < 1.29 is 4.79 Å². The largest absolute Gasteiger partial charge is 0.354 e. The van der Waals surface area contributed by atoms with Crippen molar-refractivity contribution in [3.63, 3.8) is 0 Å². The minimum atomic E-state index is -0.252. The summed E-state index contributed by atoms with van der Waals surface area (Å²) < 4.78 is 2.08. The van der Waals surface area contributed by atoms with E-state index in [4.69, 9.17) is 0 Å². The first-order valence-electron chi connectivity index (χ1n) is 8.80. The quantitative estimate of drug-likeness (QED) is 0.557. The second-order valence-electron chi connectivity index (χ2n) is 6.23. The molecule has 0 aliphatic rings. The van der Waals surface area contributed by atoms with Crippen LogP contribution in [-0.2, 0) is 0 Å². The van der Waals surface area contributed by atoms with E-state index in [1.165, 1.54) is 23.2 Å². The molecule has 2 heterocycles. The Kier molecular flexibility index (Phi) is 4.90. The molecule has 2 aromatic carbocycles. The van der Waals surface area contributed by atoms with Gasteiger partial charge in [0.25, 0.3) is 5.91 Å². The van der Waals surface area contributed by atoms with Gasteiger partial charge in [-0.05, 0) is 24.6 Å². The lowest BCUT2D eigenvalue weighted by Gasteiger charge is -2.09. The van der Waals surface area contributed by atoms with Crippen molar-refractivity contribution >= 4 is 23.1 Å². The monoisotopic (exact) mass is 389 g/mol. The second-order valence-corrected chi connectivity index (χ2v) is 7.07. The number of nitrogens with zero attached hydrogens (tertiary/aromatic N) is 3. The van der Waals surface area contributed by atoms with Crippen LogP contribution in [0.15, 0.2) is 71.3 Å². The van der Waals surface area contributed by atoms with Crippen LogP contribution >= 0.6 is 11.3 Å². The Bertz CT molecular complexity index is 1170. The van der Waals surface area contributed by atoms with Crippen LogP contribution in [0.4, 0.5) is 5.82 Å². The maximum Gasteiger partial charge on any atom is 0.271 e. The molecule has 0 saturated heterocycles. The molecule has 0 bridgehead atoms. The van der Waals surface area contributed by atoms with Crippen molar-refractivity contribution in [1.29, 1.82) is 0 Å². The number of aromatic nitrogens is 3. The molecule has 2 N–H and O–H groups in total. The molecule has 0 spiro atoms. The van der Waals surface area contributed by atoms with Crippen molar-refractivity contribution in [3.8, 4) is 16.9 Å². The number of carbonyl (C=O) groups excluding carboxylic acids is 1. The molecule has 0 fully saturated rings. The zero-order chi connectivity index (χ0) is 19.5. The molecule has 6 nitrogen and oxygen atoms in total. The van der Waals surface area contributed by atoms with Gasteiger partial charge in [-0.2, -0.15) is 4.99 Å². The predicted octanol–water partition coefficient (Wildman–Crippen LogP) is 3.83. The summed E-state index contributed by atoms with van der Waals surface area (Å²) in [5, 5.41) is 4.67. The molecule has 4 rings (SSSR count). The van der Waals surface area contributed by atoms with Crippen molar-refractivity contribution in [2.24, 2.45) is 4.99 Å². The number of carbonyl (C=O) groups is 1. The number of aryl methyl sites for hydroxylation is 1. The van der Waals surface area contributed by atoms with Crippen LogP contribution in [0.5, 0.6) is 0 Å². The van der Waals surface area contributed by atoms with E-state index in [1.54, 1.807) is 7.05 Å². The predicted molar refractivity (Wildman–Crippen MR) is 111 cm³/mol. The first-order valence-corrected chi connectivity index (χ1v) is 9.68. The molecule has 4 aromatic rings. The summed E-state index contributed by atoms with van der Waals surface area (Å²) in [7, 11) is 1.58. The van der Waals surface area contributed by atoms with Crippen LogP contribution < -0.4 is 10.1 Å². The lowest BCUT2D eigenvalue weighted by atomic mass is 10.1. The molecule has 0 unspecified atom stereocenters. The highest BCUT2D eigenvalue weighted by Crippen LogP contribution is 2.24. The lowest BCUT2D eigenvalue weighted by molar-refractivity contribution is 0.0959. The van der Waals surface area contributed by atoms with Crippen LogP contribution in [0.2, 0.25) is 0 Å². The van der Waals surface area contributed by atoms with Gasteiger partial charge < -0.3 is 10.3 Å². The van der Waals surface area contributed by atoms with E-state index in [0.29, 0.717) is 11.5 Å². The van der Waals surface area contributed by atoms with E-state index in [2.05, 4.69) is 61.4 Å². The number of thiazole rings is 1. The Morgan fingerprint density at radius 3 is 2.61 bits per heavy atom. The summed E-state index contributed by atoms with van der Waals surface area (Å²) in [6, 6.07) is 18.4. The van der Waals surface area contributed by atoms with Gasteiger partial charge in [-0.25, -0.2) is 4.98 Å². The molecule has 0 aliphatic heterocycles. The topological polar surface area (TPSA) is 75.1 Å². The first kappa shape index (κ1) is 17.9. The number of nitrogens with one attached hydrogen (secondary N) is 2. The molecular weight excluding hydrogens is 370 g/mol. The SMILES string of the molecule is CNC(=O)c1[nH]cnc1/N=c1\scc(-c2ccc(C)cc2)n1-c1ccccc1. The van der Waals surface area contributed by atoms with Gasteiger partial charge in [-0.15, -0.1) is 11.3 Å². The Balaban J connectivity index is 1.93. The molecule has 140 valence electrons. The van der Waals surface area contributed by atoms with Gasteiger partial charge in [-0.3, -0.25) is 9.36 Å². The maximum absolute atomic E-state index is 12.1. The Morgan fingerprint density at radius 2 is 1.89 bits per heavy atom. The fourth-order valence-corrected chi connectivity index (χ4v) is 3.80. The third kappa shape index (κ3) is 3.39. The van der Waals surface area contributed by atoms with Gasteiger partial charge in [0.05, 0.1) is 12.0 Å². The van der Waals surface area contributed by atoms with Gasteiger partial charge >= 0.3 is 0 Å². The fourth-order valence-electron chi connectivity index (χ4n) is 2.90. The van der Waals surface area contributed by atoms with Crippen LogP contribution in [0.3, 0.4) is 0 Å². The summed E-state index contributed by atoms with van der Waals surface area (Å²) in [6.07, 6.45) is 1.48. The number of para-hydroxylation sites is 1. The minimum Gasteiger partial charge on any atom is -0.354 e. The normalized spacial score (nSPS) is 11.6. The van der Waals surface area contributed by atoms with E-state index >= 15 is 0 Å². The molecule has 28 heavy (non-hydrogen) atoms. The van der Waals surface area contributed by atoms with Gasteiger partial charge in [0.2, 0.25) is 0 Å². The first-order chi connectivity index (χ1) is 13.7. The molecule has 7 heteroatoms. The average Bonchev–Trinajstić information content (AvgIpc) is 3.36. The Labute approximate surface area is 166 Å². The minimum absolute atomic E-state index is 0.252. The summed E-state index contributed by atoms with van der Waals surface area (Å²) in [5.74, 6) is 0.110. The summed E-state index contributed by atoms with van der Waals surface area (Å²) in [5.41, 5.74) is 4.68. The number of amides is 1. The van der Waals surface area contributed by atoms with E-state index in [1.807, 2.05) is 30.3 Å². The number of H-pyrrole nitrogens is 1. The number of hydrogen-bond acceptors (Lipinski definition) is 4. The van der Waals surface area contributed by atoms with E-state index in [0.717, 1.165) is 21.7 Å². The third-order valence-corrected chi connectivity index (χ3v) is 5.17.